The SMILES string of the molecule is CC(C)(C)OC(=O)NC/C=C/CNC1CCCc2occc21. The van der Waals surface area contributed by atoms with E-state index in [4.69, 9.17) is 9.15 Å². The van der Waals surface area contributed by atoms with Crippen molar-refractivity contribution >= 4 is 6.09 Å². The molecule has 1 aliphatic carbocycles. The number of carbonyl (C=O) groups is 1. The number of carbonyl (C=O) groups excluding carboxylic acids is 1. The van der Waals surface area contributed by atoms with Crippen molar-refractivity contribution in [2.75, 3.05) is 13.1 Å². The van der Waals surface area contributed by atoms with Crippen LogP contribution >= 0.6 is 0 Å². The lowest BCUT2D eigenvalue weighted by molar-refractivity contribution is 0.0534. The van der Waals surface area contributed by atoms with E-state index in [0.717, 1.165) is 31.6 Å². The first-order valence-corrected chi connectivity index (χ1v) is 7.87. The van der Waals surface area contributed by atoms with Gasteiger partial charge < -0.3 is 19.8 Å². The van der Waals surface area contributed by atoms with Crippen molar-refractivity contribution in [1.29, 1.82) is 0 Å². The van der Waals surface area contributed by atoms with Crippen LogP contribution in [0.25, 0.3) is 0 Å². The Morgan fingerprint density at radius 1 is 1.41 bits per heavy atom. The molecule has 2 rings (SSSR count). The second-order valence-corrected chi connectivity index (χ2v) is 6.51. The molecule has 5 nitrogen and oxygen atoms in total. The number of rotatable bonds is 5. The largest absolute Gasteiger partial charge is 0.469 e. The Morgan fingerprint density at radius 3 is 2.95 bits per heavy atom. The van der Waals surface area contributed by atoms with Gasteiger partial charge in [-0.15, -0.1) is 0 Å². The van der Waals surface area contributed by atoms with Crippen LogP contribution in [-0.2, 0) is 11.2 Å². The lowest BCUT2D eigenvalue weighted by Crippen LogP contribution is -2.32. The van der Waals surface area contributed by atoms with Crippen LogP contribution in [0.15, 0.2) is 28.9 Å². The summed E-state index contributed by atoms with van der Waals surface area (Å²) in [6.45, 7) is 6.78. The Hall–Kier alpha value is -1.75. The number of amides is 1. The summed E-state index contributed by atoms with van der Waals surface area (Å²) in [5.74, 6) is 1.11. The van der Waals surface area contributed by atoms with E-state index in [1.807, 2.05) is 32.9 Å². The summed E-state index contributed by atoms with van der Waals surface area (Å²) < 4.78 is 10.6. The maximum absolute atomic E-state index is 11.5. The molecule has 1 atom stereocenters. The van der Waals surface area contributed by atoms with Crippen LogP contribution in [0.1, 0.15) is 51.0 Å². The van der Waals surface area contributed by atoms with E-state index >= 15 is 0 Å². The molecule has 5 heteroatoms. The van der Waals surface area contributed by atoms with E-state index in [1.165, 1.54) is 5.56 Å². The van der Waals surface area contributed by atoms with Gasteiger partial charge in [-0.05, 0) is 39.7 Å². The van der Waals surface area contributed by atoms with E-state index in [9.17, 15) is 4.79 Å². The van der Waals surface area contributed by atoms with Gasteiger partial charge >= 0.3 is 6.09 Å². The van der Waals surface area contributed by atoms with Gasteiger partial charge in [-0.3, -0.25) is 0 Å². The highest BCUT2D eigenvalue weighted by molar-refractivity contribution is 5.67. The highest BCUT2D eigenvalue weighted by Crippen LogP contribution is 2.30. The minimum Gasteiger partial charge on any atom is -0.469 e. The predicted octanol–water partition coefficient (Wildman–Crippen LogP) is 3.33. The van der Waals surface area contributed by atoms with Gasteiger partial charge in [0, 0.05) is 31.1 Å². The number of aryl methyl sites for hydroxylation is 1. The molecule has 122 valence electrons. The Kier molecular flexibility index (Phi) is 5.66. The fourth-order valence-corrected chi connectivity index (χ4v) is 2.53. The summed E-state index contributed by atoms with van der Waals surface area (Å²) in [6, 6.07) is 2.42. The predicted molar refractivity (Wildman–Crippen MR) is 85.8 cm³/mol. The van der Waals surface area contributed by atoms with Crippen molar-refractivity contribution in [2.45, 2.75) is 51.7 Å². The first-order chi connectivity index (χ1) is 10.5. The van der Waals surface area contributed by atoms with Gasteiger partial charge in [-0.1, -0.05) is 12.2 Å². The number of ether oxygens (including phenoxy) is 1. The van der Waals surface area contributed by atoms with Gasteiger partial charge in [-0.25, -0.2) is 4.79 Å². The highest BCUT2D eigenvalue weighted by atomic mass is 16.6. The average Bonchev–Trinajstić information content (AvgIpc) is 2.89. The molecule has 2 N–H and O–H groups in total. The highest BCUT2D eigenvalue weighted by Gasteiger charge is 2.21. The first-order valence-electron chi connectivity index (χ1n) is 7.87. The van der Waals surface area contributed by atoms with Gasteiger partial charge in [0.15, 0.2) is 0 Å². The summed E-state index contributed by atoms with van der Waals surface area (Å²) in [5.41, 5.74) is 0.824. The molecule has 0 radical (unpaired) electrons. The minimum atomic E-state index is -0.460. The quantitative estimate of drug-likeness (QED) is 0.819. The maximum atomic E-state index is 11.5. The lowest BCUT2D eigenvalue weighted by atomic mass is 9.93. The summed E-state index contributed by atoms with van der Waals surface area (Å²) in [7, 11) is 0. The zero-order valence-corrected chi connectivity index (χ0v) is 13.6. The van der Waals surface area contributed by atoms with E-state index in [-0.39, 0.29) is 6.09 Å². The van der Waals surface area contributed by atoms with Crippen LogP contribution in [0.4, 0.5) is 4.79 Å². The van der Waals surface area contributed by atoms with Gasteiger partial charge in [0.25, 0.3) is 0 Å². The number of alkyl carbamates (subject to hydrolysis) is 1. The van der Waals surface area contributed by atoms with Crippen molar-refractivity contribution in [1.82, 2.24) is 10.6 Å². The topological polar surface area (TPSA) is 63.5 Å². The molecule has 1 aromatic rings. The van der Waals surface area contributed by atoms with E-state index in [1.54, 1.807) is 6.26 Å². The van der Waals surface area contributed by atoms with Gasteiger partial charge in [-0.2, -0.15) is 0 Å². The van der Waals surface area contributed by atoms with Crippen molar-refractivity contribution < 1.29 is 13.9 Å². The monoisotopic (exact) mass is 306 g/mol. The summed E-state index contributed by atoms with van der Waals surface area (Å²) in [5, 5.41) is 6.20. The van der Waals surface area contributed by atoms with Crippen LogP contribution in [-0.4, -0.2) is 24.8 Å². The molecule has 0 fully saturated rings. The molecular weight excluding hydrogens is 280 g/mol. The van der Waals surface area contributed by atoms with Crippen molar-refractivity contribution in [3.63, 3.8) is 0 Å². The van der Waals surface area contributed by atoms with Gasteiger partial charge in [0.2, 0.25) is 0 Å². The Balaban J connectivity index is 1.64. The number of hydrogen-bond donors (Lipinski definition) is 2. The normalized spacial score (nSPS) is 18.2. The molecule has 1 unspecified atom stereocenters. The molecule has 1 heterocycles. The first kappa shape index (κ1) is 16.6. The van der Waals surface area contributed by atoms with E-state index in [0.29, 0.717) is 12.6 Å². The maximum Gasteiger partial charge on any atom is 0.407 e. The molecular formula is C17H26N2O3. The molecule has 0 aliphatic heterocycles. The zero-order chi connectivity index (χ0) is 16.0. The minimum absolute atomic E-state index is 0.367. The molecule has 1 amide bonds. The molecule has 1 aromatic heterocycles. The third-order valence-corrected chi connectivity index (χ3v) is 3.46. The number of hydrogen-bond acceptors (Lipinski definition) is 4. The molecule has 1 aliphatic rings. The Morgan fingerprint density at radius 2 is 2.18 bits per heavy atom. The van der Waals surface area contributed by atoms with Crippen LogP contribution < -0.4 is 10.6 Å². The number of furan rings is 1. The van der Waals surface area contributed by atoms with Crippen molar-refractivity contribution in [2.24, 2.45) is 0 Å². The molecule has 0 spiro atoms. The van der Waals surface area contributed by atoms with Crippen molar-refractivity contribution in [3.8, 4) is 0 Å². The molecule has 0 bridgehead atoms. The number of fused-ring (bicyclic) bond motifs is 1. The standard InChI is InChI=1S/C17H26N2O3/c1-17(2,3)22-16(20)19-11-5-4-10-18-14-7-6-8-15-13(14)9-12-21-15/h4-5,9,12,14,18H,6-8,10-11H2,1-3H3,(H,19,20)/b5-4+. The van der Waals surface area contributed by atoms with Crippen LogP contribution in [0.2, 0.25) is 0 Å². The Labute approximate surface area is 132 Å². The molecule has 0 saturated heterocycles. The number of nitrogens with one attached hydrogen (secondary N) is 2. The summed E-state index contributed by atoms with van der Waals surface area (Å²) in [6.07, 6.45) is 8.65. The van der Waals surface area contributed by atoms with Crippen molar-refractivity contribution in [3.05, 3.63) is 35.8 Å². The van der Waals surface area contributed by atoms with Crippen LogP contribution in [0.5, 0.6) is 0 Å². The second kappa shape index (κ2) is 7.49. The smallest absolute Gasteiger partial charge is 0.407 e. The Bertz CT molecular complexity index is 514. The van der Waals surface area contributed by atoms with Crippen LogP contribution in [0.3, 0.4) is 0 Å². The van der Waals surface area contributed by atoms with Crippen LogP contribution in [0, 0.1) is 0 Å². The molecule has 0 saturated carbocycles. The van der Waals surface area contributed by atoms with Gasteiger partial charge in [0.1, 0.15) is 11.4 Å². The van der Waals surface area contributed by atoms with E-state index < -0.39 is 5.60 Å². The molecule has 0 aromatic carbocycles. The van der Waals surface area contributed by atoms with E-state index in [2.05, 4.69) is 16.7 Å². The zero-order valence-electron chi connectivity index (χ0n) is 13.6. The molecule has 22 heavy (non-hydrogen) atoms. The fraction of sp³-hybridized carbons (Fsp3) is 0.588. The lowest BCUT2D eigenvalue weighted by Gasteiger charge is -2.22. The fourth-order valence-electron chi connectivity index (χ4n) is 2.53. The third kappa shape index (κ3) is 5.22. The van der Waals surface area contributed by atoms with Gasteiger partial charge in [0.05, 0.1) is 6.26 Å². The third-order valence-electron chi connectivity index (χ3n) is 3.46. The second-order valence-electron chi connectivity index (χ2n) is 6.51. The summed E-state index contributed by atoms with van der Waals surface area (Å²) in [4.78, 5) is 11.5. The summed E-state index contributed by atoms with van der Waals surface area (Å²) >= 11 is 0. The average molecular weight is 306 g/mol.